The average molecular weight is 470 g/mol. The van der Waals surface area contributed by atoms with Gasteiger partial charge < -0.3 is 15.5 Å². The highest BCUT2D eigenvalue weighted by Crippen LogP contribution is 2.21. The van der Waals surface area contributed by atoms with Gasteiger partial charge in [-0.25, -0.2) is 0 Å². The molecular weight excluding hydrogens is 435 g/mol. The van der Waals surface area contributed by atoms with Gasteiger partial charge in [0.1, 0.15) is 0 Å². The van der Waals surface area contributed by atoms with Gasteiger partial charge in [-0.2, -0.15) is 11.8 Å². The highest BCUT2D eigenvalue weighted by Gasteiger charge is 2.25. The monoisotopic (exact) mass is 470 g/mol. The van der Waals surface area contributed by atoms with Gasteiger partial charge >= 0.3 is 0 Å². The Labute approximate surface area is 169 Å². The van der Waals surface area contributed by atoms with Crippen LogP contribution >= 0.6 is 35.7 Å². The molecule has 0 bridgehead atoms. The van der Waals surface area contributed by atoms with Crippen LogP contribution in [0.15, 0.2) is 4.99 Å². The zero-order valence-corrected chi connectivity index (χ0v) is 19.2. The topological polar surface area (TPSA) is 56.7 Å². The van der Waals surface area contributed by atoms with Crippen LogP contribution in [0.5, 0.6) is 0 Å². The summed E-state index contributed by atoms with van der Waals surface area (Å²) in [6, 6.07) is 0.390. The number of nitrogens with zero attached hydrogens (tertiary/aromatic N) is 2. The fourth-order valence-electron chi connectivity index (χ4n) is 2.46. The van der Waals surface area contributed by atoms with Gasteiger partial charge in [-0.05, 0) is 39.9 Å². The summed E-state index contributed by atoms with van der Waals surface area (Å²) in [5.41, 5.74) is 0. The Balaban J connectivity index is 0.00000529. The van der Waals surface area contributed by atoms with Crippen LogP contribution in [0.4, 0.5) is 0 Å². The summed E-state index contributed by atoms with van der Waals surface area (Å²) in [6.45, 7) is 13.8. The van der Waals surface area contributed by atoms with Crippen LogP contribution in [0.25, 0.3) is 0 Å². The Morgan fingerprint density at radius 1 is 1.33 bits per heavy atom. The first-order chi connectivity index (χ1) is 10.8. The van der Waals surface area contributed by atoms with Crippen LogP contribution in [0.2, 0.25) is 0 Å². The molecular formula is C17H35IN4OS. The van der Waals surface area contributed by atoms with E-state index >= 15 is 0 Å². The van der Waals surface area contributed by atoms with E-state index in [0.717, 1.165) is 45.0 Å². The molecule has 0 saturated carbocycles. The van der Waals surface area contributed by atoms with Crippen molar-refractivity contribution in [3.8, 4) is 0 Å². The summed E-state index contributed by atoms with van der Waals surface area (Å²) in [7, 11) is 0. The highest BCUT2D eigenvalue weighted by atomic mass is 127. The summed E-state index contributed by atoms with van der Waals surface area (Å²) >= 11 is 1.83. The molecule has 0 atom stereocenters. The van der Waals surface area contributed by atoms with Crippen molar-refractivity contribution in [3.63, 3.8) is 0 Å². The summed E-state index contributed by atoms with van der Waals surface area (Å²) in [5.74, 6) is 1.25. The number of hydrogen-bond acceptors (Lipinski definition) is 3. The molecule has 7 heteroatoms. The van der Waals surface area contributed by atoms with Crippen molar-refractivity contribution >= 4 is 47.6 Å². The number of halogens is 1. The molecule has 1 saturated heterocycles. The third kappa shape index (κ3) is 8.27. The number of nitrogens with one attached hydrogen (secondary N) is 2. The van der Waals surface area contributed by atoms with E-state index in [4.69, 9.17) is 4.99 Å². The molecule has 0 radical (unpaired) electrons. The number of likely N-dealkylation sites (tertiary alicyclic amines) is 1. The van der Waals surface area contributed by atoms with E-state index < -0.39 is 0 Å². The van der Waals surface area contributed by atoms with Gasteiger partial charge in [-0.15, -0.1) is 24.0 Å². The lowest BCUT2D eigenvalue weighted by atomic mass is 10.0. The summed E-state index contributed by atoms with van der Waals surface area (Å²) in [4.78, 5) is 18.8. The predicted octanol–water partition coefficient (Wildman–Crippen LogP) is 2.95. The lowest BCUT2D eigenvalue weighted by Crippen LogP contribution is -2.50. The van der Waals surface area contributed by atoms with Gasteiger partial charge in [-0.1, -0.05) is 13.8 Å². The number of amides is 1. The van der Waals surface area contributed by atoms with E-state index in [0.29, 0.717) is 6.04 Å². The normalized spacial score (nSPS) is 16.8. The second kappa shape index (κ2) is 11.4. The predicted molar refractivity (Wildman–Crippen MR) is 117 cm³/mol. The molecule has 0 spiro atoms. The van der Waals surface area contributed by atoms with Crippen LogP contribution in [0, 0.1) is 5.92 Å². The van der Waals surface area contributed by atoms with Crippen molar-refractivity contribution in [2.24, 2.45) is 10.9 Å². The third-order valence-corrected chi connectivity index (χ3v) is 5.39. The maximum Gasteiger partial charge on any atom is 0.225 e. The number of rotatable bonds is 6. The minimum Gasteiger partial charge on any atom is -0.357 e. The molecule has 1 aliphatic rings. The molecule has 142 valence electrons. The molecule has 0 unspecified atom stereocenters. The largest absolute Gasteiger partial charge is 0.357 e. The molecule has 0 aromatic carbocycles. The molecule has 2 N–H and O–H groups in total. The van der Waals surface area contributed by atoms with Crippen molar-refractivity contribution in [1.29, 1.82) is 0 Å². The van der Waals surface area contributed by atoms with Crippen molar-refractivity contribution < 1.29 is 4.79 Å². The van der Waals surface area contributed by atoms with Crippen molar-refractivity contribution in [3.05, 3.63) is 0 Å². The Kier molecular flexibility index (Phi) is 11.4. The summed E-state index contributed by atoms with van der Waals surface area (Å²) in [6.07, 6.45) is 4.08. The first-order valence-electron chi connectivity index (χ1n) is 8.68. The SMILES string of the molecule is CCNC(=NCC(C)(C)SC)NC1CCN(C(=O)C(C)C)CC1.I. The molecule has 0 aromatic rings. The zero-order chi connectivity index (χ0) is 17.5. The van der Waals surface area contributed by atoms with Crippen molar-refractivity contribution in [2.45, 2.75) is 58.2 Å². The number of piperidine rings is 1. The Morgan fingerprint density at radius 3 is 2.38 bits per heavy atom. The number of carbonyl (C=O) groups excluding carboxylic acids is 1. The van der Waals surface area contributed by atoms with E-state index in [1.165, 1.54) is 0 Å². The molecule has 1 heterocycles. The highest BCUT2D eigenvalue weighted by molar-refractivity contribution is 14.0. The van der Waals surface area contributed by atoms with Crippen LogP contribution in [0.1, 0.15) is 47.5 Å². The number of hydrogen-bond donors (Lipinski definition) is 2. The minimum absolute atomic E-state index is 0. The third-order valence-electron chi connectivity index (χ3n) is 4.16. The summed E-state index contributed by atoms with van der Waals surface area (Å²) < 4.78 is 0.148. The Bertz CT molecular complexity index is 407. The van der Waals surface area contributed by atoms with Gasteiger partial charge in [0.2, 0.25) is 5.91 Å². The smallest absolute Gasteiger partial charge is 0.225 e. The van der Waals surface area contributed by atoms with E-state index in [-0.39, 0.29) is 40.5 Å². The van der Waals surface area contributed by atoms with Crippen LogP contribution in [0.3, 0.4) is 0 Å². The van der Waals surface area contributed by atoms with E-state index in [2.05, 4.69) is 37.7 Å². The number of aliphatic imine (C=N–C) groups is 1. The first kappa shape index (κ1) is 23.8. The minimum atomic E-state index is 0. The first-order valence-corrected chi connectivity index (χ1v) is 9.90. The van der Waals surface area contributed by atoms with Crippen LogP contribution < -0.4 is 10.6 Å². The molecule has 0 aromatic heterocycles. The van der Waals surface area contributed by atoms with Crippen molar-refractivity contribution in [1.82, 2.24) is 15.5 Å². The second-order valence-corrected chi connectivity index (χ2v) is 8.57. The average Bonchev–Trinajstić information content (AvgIpc) is 2.53. The van der Waals surface area contributed by atoms with Crippen LogP contribution in [-0.2, 0) is 4.79 Å². The fourth-order valence-corrected chi connectivity index (χ4v) is 2.65. The zero-order valence-electron chi connectivity index (χ0n) is 16.0. The quantitative estimate of drug-likeness (QED) is 0.356. The van der Waals surface area contributed by atoms with Gasteiger partial charge in [0.05, 0.1) is 6.54 Å². The lowest BCUT2D eigenvalue weighted by molar-refractivity contribution is -0.135. The lowest BCUT2D eigenvalue weighted by Gasteiger charge is -2.34. The van der Waals surface area contributed by atoms with Gasteiger partial charge in [0, 0.05) is 36.3 Å². The van der Waals surface area contributed by atoms with Crippen molar-refractivity contribution in [2.75, 3.05) is 32.4 Å². The van der Waals surface area contributed by atoms with E-state index in [1.54, 1.807) is 0 Å². The van der Waals surface area contributed by atoms with Gasteiger partial charge in [-0.3, -0.25) is 9.79 Å². The molecule has 0 aliphatic carbocycles. The van der Waals surface area contributed by atoms with Crippen LogP contribution in [-0.4, -0.2) is 60.0 Å². The number of thioether (sulfide) groups is 1. The molecule has 5 nitrogen and oxygen atoms in total. The molecule has 1 rings (SSSR count). The van der Waals surface area contributed by atoms with Gasteiger partial charge in [0.25, 0.3) is 0 Å². The molecule has 1 aliphatic heterocycles. The molecule has 24 heavy (non-hydrogen) atoms. The maximum atomic E-state index is 12.0. The molecule has 1 amide bonds. The Hall–Kier alpha value is -0.180. The number of guanidine groups is 1. The maximum absolute atomic E-state index is 12.0. The fraction of sp³-hybridized carbons (Fsp3) is 0.882. The molecule has 1 fully saturated rings. The standard InChI is InChI=1S/C17H34N4OS.HI/c1-7-18-16(19-12-17(4,5)23-6)20-14-8-10-21(11-9-14)15(22)13(2)3;/h13-14H,7-12H2,1-6H3,(H2,18,19,20);1H. The van der Waals surface area contributed by atoms with E-state index in [9.17, 15) is 4.79 Å². The Morgan fingerprint density at radius 2 is 1.92 bits per heavy atom. The van der Waals surface area contributed by atoms with E-state index in [1.807, 2.05) is 30.5 Å². The summed E-state index contributed by atoms with van der Waals surface area (Å²) in [5, 5.41) is 6.86. The van der Waals surface area contributed by atoms with Gasteiger partial charge in [0.15, 0.2) is 5.96 Å². The number of carbonyl (C=O) groups is 1. The second-order valence-electron chi connectivity index (χ2n) is 7.06.